The van der Waals surface area contributed by atoms with E-state index >= 15 is 0 Å². The fourth-order valence-electron chi connectivity index (χ4n) is 5.31. The topological polar surface area (TPSA) is 91.9 Å². The van der Waals surface area contributed by atoms with Crippen LogP contribution in [0, 0.1) is 0 Å². The summed E-state index contributed by atoms with van der Waals surface area (Å²) in [6.45, 7) is 4.40. The van der Waals surface area contributed by atoms with Gasteiger partial charge in [-0.1, -0.05) is 18.2 Å². The van der Waals surface area contributed by atoms with Crippen LogP contribution in [0.2, 0.25) is 0 Å². The third-order valence-corrected chi connectivity index (χ3v) is 6.96. The first-order chi connectivity index (χ1) is 18.0. The van der Waals surface area contributed by atoms with Gasteiger partial charge in [0.2, 0.25) is 0 Å². The molecule has 7 nitrogen and oxygen atoms in total. The standard InChI is InChI=1S/C30H26N2O5/c1-3-36-21-11-9-20(10-12-21)32-27(23-16-31-24-7-5-4-6-22(23)24)26(29(34)30(32)35)28(33)18-8-13-25-19(15-18)14-17(2)37-25/h4-13,15-17,27,31,33H,3,14H2,1-2H3/b28-26+. The molecule has 1 fully saturated rings. The summed E-state index contributed by atoms with van der Waals surface area (Å²) >= 11 is 0. The molecule has 0 aliphatic carbocycles. The number of anilines is 1. The number of H-pyrrole nitrogens is 1. The third-order valence-electron chi connectivity index (χ3n) is 6.96. The minimum atomic E-state index is -0.822. The number of nitrogens with zero attached hydrogens (tertiary/aromatic N) is 1. The Kier molecular flexibility index (Phi) is 5.48. The number of ether oxygens (including phenoxy) is 2. The number of nitrogens with one attached hydrogen (secondary N) is 1. The Bertz CT molecular complexity index is 1570. The van der Waals surface area contributed by atoms with Crippen LogP contribution in [0.1, 0.15) is 36.6 Å². The van der Waals surface area contributed by atoms with Gasteiger partial charge in [-0.25, -0.2) is 0 Å². The average Bonchev–Trinajstić information content (AvgIpc) is 3.57. The largest absolute Gasteiger partial charge is 0.507 e. The molecule has 1 amide bonds. The molecular formula is C30H26N2O5. The molecule has 1 saturated heterocycles. The van der Waals surface area contributed by atoms with Gasteiger partial charge in [-0.3, -0.25) is 14.5 Å². The van der Waals surface area contributed by atoms with E-state index in [2.05, 4.69) is 4.98 Å². The van der Waals surface area contributed by atoms with Gasteiger partial charge in [-0.05, 0) is 67.9 Å². The highest BCUT2D eigenvalue weighted by Gasteiger charge is 2.47. The van der Waals surface area contributed by atoms with Crippen molar-refractivity contribution in [1.82, 2.24) is 4.98 Å². The lowest BCUT2D eigenvalue weighted by atomic mass is 9.94. The third kappa shape index (κ3) is 3.74. The number of hydrogen-bond donors (Lipinski definition) is 2. The van der Waals surface area contributed by atoms with Gasteiger partial charge in [0.15, 0.2) is 0 Å². The highest BCUT2D eigenvalue weighted by atomic mass is 16.5. The summed E-state index contributed by atoms with van der Waals surface area (Å²) in [6, 6.07) is 19.3. The number of aliphatic hydroxyl groups excluding tert-OH is 1. The predicted molar refractivity (Wildman–Crippen MR) is 141 cm³/mol. The van der Waals surface area contributed by atoms with Crippen LogP contribution in [0.4, 0.5) is 5.69 Å². The molecule has 2 N–H and O–H groups in total. The Morgan fingerprint density at radius 2 is 1.89 bits per heavy atom. The number of benzene rings is 3. The predicted octanol–water partition coefficient (Wildman–Crippen LogP) is 5.52. The molecule has 0 bridgehead atoms. The molecule has 4 aromatic rings. The van der Waals surface area contributed by atoms with Crippen LogP contribution in [0.3, 0.4) is 0 Å². The lowest BCUT2D eigenvalue weighted by Crippen LogP contribution is -2.29. The minimum absolute atomic E-state index is 0.0452. The zero-order chi connectivity index (χ0) is 25.7. The molecule has 2 aliphatic rings. The molecule has 1 aromatic heterocycles. The van der Waals surface area contributed by atoms with Crippen molar-refractivity contribution < 1.29 is 24.2 Å². The second-order valence-corrected chi connectivity index (χ2v) is 9.34. The number of amides is 1. The number of rotatable bonds is 5. The number of hydrogen-bond acceptors (Lipinski definition) is 5. The van der Waals surface area contributed by atoms with Crippen molar-refractivity contribution in [3.63, 3.8) is 0 Å². The number of carbonyl (C=O) groups is 2. The molecule has 0 saturated carbocycles. The zero-order valence-corrected chi connectivity index (χ0v) is 20.5. The maximum atomic E-state index is 13.5. The normalized spacial score (nSPS) is 20.3. The van der Waals surface area contributed by atoms with Crippen molar-refractivity contribution >= 4 is 34.0 Å². The van der Waals surface area contributed by atoms with E-state index in [-0.39, 0.29) is 17.4 Å². The number of aliphatic hydroxyl groups is 1. The molecule has 3 heterocycles. The Labute approximate surface area is 213 Å². The first-order valence-electron chi connectivity index (χ1n) is 12.4. The van der Waals surface area contributed by atoms with Crippen molar-refractivity contribution in [2.24, 2.45) is 0 Å². The smallest absolute Gasteiger partial charge is 0.300 e. The second kappa shape index (κ2) is 8.85. The molecule has 186 valence electrons. The van der Waals surface area contributed by atoms with Crippen LogP contribution >= 0.6 is 0 Å². The van der Waals surface area contributed by atoms with Crippen LogP contribution < -0.4 is 14.4 Å². The SMILES string of the molecule is CCOc1ccc(N2C(=O)C(=O)/C(=C(/O)c3ccc4c(c3)CC(C)O4)C2c2c[nH]c3ccccc23)cc1. The number of fused-ring (bicyclic) bond motifs is 2. The maximum Gasteiger partial charge on any atom is 0.300 e. The van der Waals surface area contributed by atoms with Crippen molar-refractivity contribution in [2.75, 3.05) is 11.5 Å². The van der Waals surface area contributed by atoms with Crippen LogP contribution in [-0.4, -0.2) is 34.5 Å². The fourth-order valence-corrected chi connectivity index (χ4v) is 5.31. The van der Waals surface area contributed by atoms with Gasteiger partial charge < -0.3 is 19.6 Å². The quantitative estimate of drug-likeness (QED) is 0.217. The molecule has 2 aliphatic heterocycles. The Morgan fingerprint density at radius 3 is 2.68 bits per heavy atom. The molecule has 2 unspecified atom stereocenters. The van der Waals surface area contributed by atoms with Crippen molar-refractivity contribution in [2.45, 2.75) is 32.4 Å². The summed E-state index contributed by atoms with van der Waals surface area (Å²) in [5.41, 5.74) is 3.63. The van der Waals surface area contributed by atoms with Gasteiger partial charge in [0.1, 0.15) is 23.4 Å². The molecule has 2 atom stereocenters. The van der Waals surface area contributed by atoms with E-state index in [1.807, 2.05) is 44.2 Å². The summed E-state index contributed by atoms with van der Waals surface area (Å²) in [4.78, 5) is 31.7. The number of ketones is 1. The van der Waals surface area contributed by atoms with Crippen LogP contribution in [0.5, 0.6) is 11.5 Å². The first-order valence-corrected chi connectivity index (χ1v) is 12.4. The van der Waals surface area contributed by atoms with Crippen molar-refractivity contribution in [3.05, 3.63) is 95.2 Å². The maximum absolute atomic E-state index is 13.5. The summed E-state index contributed by atoms with van der Waals surface area (Å²) in [5.74, 6) is -0.191. The lowest BCUT2D eigenvalue weighted by Gasteiger charge is -2.25. The average molecular weight is 495 g/mol. The van der Waals surface area contributed by atoms with E-state index in [9.17, 15) is 14.7 Å². The molecular weight excluding hydrogens is 468 g/mol. The summed E-state index contributed by atoms with van der Waals surface area (Å²) < 4.78 is 11.3. The lowest BCUT2D eigenvalue weighted by molar-refractivity contribution is -0.132. The van der Waals surface area contributed by atoms with Crippen molar-refractivity contribution in [3.8, 4) is 11.5 Å². The number of carbonyl (C=O) groups excluding carboxylic acids is 2. The van der Waals surface area contributed by atoms with E-state index in [0.717, 1.165) is 27.8 Å². The molecule has 0 spiro atoms. The highest BCUT2D eigenvalue weighted by Crippen LogP contribution is 2.45. The van der Waals surface area contributed by atoms with E-state index in [0.29, 0.717) is 30.0 Å². The summed E-state index contributed by atoms with van der Waals surface area (Å²) in [7, 11) is 0. The Hall–Kier alpha value is -4.52. The number of para-hydroxylation sites is 1. The second-order valence-electron chi connectivity index (χ2n) is 9.34. The van der Waals surface area contributed by atoms with Gasteiger partial charge in [-0.15, -0.1) is 0 Å². The van der Waals surface area contributed by atoms with E-state index < -0.39 is 17.7 Å². The molecule has 7 heteroatoms. The summed E-state index contributed by atoms with van der Waals surface area (Å²) in [5, 5.41) is 12.4. The first kappa shape index (κ1) is 22.9. The van der Waals surface area contributed by atoms with E-state index in [1.54, 1.807) is 42.6 Å². The molecule has 3 aromatic carbocycles. The van der Waals surface area contributed by atoms with Crippen molar-refractivity contribution in [1.29, 1.82) is 0 Å². The fraction of sp³-hybridized carbons (Fsp3) is 0.200. The molecule has 0 radical (unpaired) electrons. The monoisotopic (exact) mass is 494 g/mol. The Balaban J connectivity index is 1.54. The molecule has 6 rings (SSSR count). The van der Waals surface area contributed by atoms with Gasteiger partial charge in [0, 0.05) is 40.3 Å². The summed E-state index contributed by atoms with van der Waals surface area (Å²) in [6.07, 6.45) is 2.56. The van der Waals surface area contributed by atoms with Gasteiger partial charge >= 0.3 is 0 Å². The van der Waals surface area contributed by atoms with Gasteiger partial charge in [0.25, 0.3) is 11.7 Å². The highest BCUT2D eigenvalue weighted by molar-refractivity contribution is 6.51. The zero-order valence-electron chi connectivity index (χ0n) is 20.5. The van der Waals surface area contributed by atoms with E-state index in [4.69, 9.17) is 9.47 Å². The Morgan fingerprint density at radius 1 is 1.11 bits per heavy atom. The van der Waals surface area contributed by atoms with Crippen LogP contribution in [-0.2, 0) is 16.0 Å². The minimum Gasteiger partial charge on any atom is -0.507 e. The number of Topliss-reactive ketones (excluding diaryl/α,β-unsaturated/α-hetero) is 1. The van der Waals surface area contributed by atoms with Crippen LogP contribution in [0.15, 0.2) is 78.5 Å². The number of aromatic amines is 1. The van der Waals surface area contributed by atoms with Gasteiger partial charge in [-0.2, -0.15) is 0 Å². The van der Waals surface area contributed by atoms with Crippen LogP contribution in [0.25, 0.3) is 16.7 Å². The van der Waals surface area contributed by atoms with Gasteiger partial charge in [0.05, 0.1) is 18.2 Å². The number of aromatic nitrogens is 1. The van der Waals surface area contributed by atoms with E-state index in [1.165, 1.54) is 4.90 Å². The molecule has 37 heavy (non-hydrogen) atoms.